The van der Waals surface area contributed by atoms with E-state index in [1.165, 1.54) is 0 Å². The Hall–Kier alpha value is -0.760. The van der Waals surface area contributed by atoms with E-state index in [1.807, 2.05) is 0 Å². The number of carboxylic acids is 1. The summed E-state index contributed by atoms with van der Waals surface area (Å²) in [5.74, 6) is -2.10. The molecule has 70 valence electrons. The predicted octanol–water partition coefficient (Wildman–Crippen LogP) is 0.943. The van der Waals surface area contributed by atoms with E-state index in [4.69, 9.17) is 10.2 Å². The number of hydrogen-bond donors (Lipinski definition) is 2. The van der Waals surface area contributed by atoms with Crippen molar-refractivity contribution in [1.82, 2.24) is 4.98 Å². The van der Waals surface area contributed by atoms with Crippen LogP contribution in [-0.2, 0) is 4.79 Å². The van der Waals surface area contributed by atoms with Gasteiger partial charge in [0.05, 0.1) is 6.20 Å². The Labute approximate surface area is 86.6 Å². The van der Waals surface area contributed by atoms with Crippen molar-refractivity contribution in [2.24, 2.45) is 0 Å². The minimum Gasteiger partial charge on any atom is -0.479 e. The Morgan fingerprint density at radius 1 is 1.69 bits per heavy atom. The zero-order chi connectivity index (χ0) is 10.0. The van der Waals surface area contributed by atoms with Gasteiger partial charge in [0.25, 0.3) is 0 Å². The van der Waals surface area contributed by atoms with Crippen LogP contribution < -0.4 is 0 Å². The summed E-state index contributed by atoms with van der Waals surface area (Å²) in [6.45, 7) is 0. The third kappa shape index (κ3) is 2.34. The van der Waals surface area contributed by atoms with Gasteiger partial charge in [0, 0.05) is 5.56 Å². The summed E-state index contributed by atoms with van der Waals surface area (Å²) in [6, 6.07) is 0.952. The van der Waals surface area contributed by atoms with Crippen LogP contribution in [0.25, 0.3) is 0 Å². The molecule has 0 spiro atoms. The third-order valence-electron chi connectivity index (χ3n) is 1.36. The van der Waals surface area contributed by atoms with Gasteiger partial charge in [-0.25, -0.2) is 14.2 Å². The summed E-state index contributed by atoms with van der Waals surface area (Å²) in [7, 11) is 0. The Balaban J connectivity index is 3.12. The van der Waals surface area contributed by atoms with Crippen molar-refractivity contribution in [3.8, 4) is 0 Å². The largest absolute Gasteiger partial charge is 0.479 e. The number of aliphatic carboxylic acids is 1. The lowest BCUT2D eigenvalue weighted by Crippen LogP contribution is -2.12. The van der Waals surface area contributed by atoms with Gasteiger partial charge in [0.1, 0.15) is 9.52 Å². The molecule has 0 aliphatic carbocycles. The fraction of sp³-hybridized carbons (Fsp3) is 0.143. The first kappa shape index (κ1) is 10.3. The second-order valence-electron chi connectivity index (χ2n) is 2.27. The van der Waals surface area contributed by atoms with E-state index >= 15 is 0 Å². The van der Waals surface area contributed by atoms with Gasteiger partial charge in [-0.05, 0) is 28.7 Å². The highest BCUT2D eigenvalue weighted by molar-refractivity contribution is 14.1. The van der Waals surface area contributed by atoms with Crippen LogP contribution in [0.4, 0.5) is 4.39 Å². The number of rotatable bonds is 2. The number of hydrogen-bond acceptors (Lipinski definition) is 3. The predicted molar refractivity (Wildman–Crippen MR) is 49.5 cm³/mol. The maximum Gasteiger partial charge on any atom is 0.337 e. The normalized spacial score (nSPS) is 12.5. The summed E-state index contributed by atoms with van der Waals surface area (Å²) >= 11 is 1.72. The SMILES string of the molecule is O=C(O)C(O)c1cc(F)cnc1I. The monoisotopic (exact) mass is 297 g/mol. The van der Waals surface area contributed by atoms with Crippen LogP contribution in [-0.4, -0.2) is 21.2 Å². The maximum absolute atomic E-state index is 12.6. The molecule has 0 saturated carbocycles. The van der Waals surface area contributed by atoms with Crippen molar-refractivity contribution >= 4 is 28.6 Å². The topological polar surface area (TPSA) is 70.4 Å². The van der Waals surface area contributed by atoms with E-state index in [0.717, 1.165) is 12.3 Å². The summed E-state index contributed by atoms with van der Waals surface area (Å²) in [5.41, 5.74) is -0.0342. The second kappa shape index (κ2) is 3.97. The number of carbonyl (C=O) groups is 1. The first-order chi connectivity index (χ1) is 6.02. The first-order valence-electron chi connectivity index (χ1n) is 3.24. The second-order valence-corrected chi connectivity index (χ2v) is 3.30. The molecule has 1 aromatic heterocycles. The fourth-order valence-corrected chi connectivity index (χ4v) is 1.35. The summed E-state index contributed by atoms with van der Waals surface area (Å²) in [4.78, 5) is 13.9. The maximum atomic E-state index is 12.6. The number of pyridine rings is 1. The minimum absolute atomic E-state index is 0.0342. The number of aliphatic hydroxyl groups excluding tert-OH is 1. The molecule has 0 aromatic carbocycles. The molecule has 13 heavy (non-hydrogen) atoms. The van der Waals surface area contributed by atoms with Crippen LogP contribution in [0.15, 0.2) is 12.3 Å². The van der Waals surface area contributed by atoms with Crippen molar-refractivity contribution in [2.75, 3.05) is 0 Å². The average Bonchev–Trinajstić information content (AvgIpc) is 2.08. The lowest BCUT2D eigenvalue weighted by molar-refractivity contribution is -0.147. The molecule has 0 aliphatic heterocycles. The standard InChI is InChI=1S/C7H5FINO3/c8-3-1-4(5(11)7(12)13)6(9)10-2-3/h1-2,5,11H,(H,12,13). The van der Waals surface area contributed by atoms with E-state index in [2.05, 4.69) is 4.98 Å². The van der Waals surface area contributed by atoms with E-state index < -0.39 is 17.9 Å². The molecule has 1 rings (SSSR count). The van der Waals surface area contributed by atoms with E-state index in [1.54, 1.807) is 22.6 Å². The van der Waals surface area contributed by atoms with Crippen LogP contribution >= 0.6 is 22.6 Å². The molecule has 6 heteroatoms. The van der Waals surface area contributed by atoms with Crippen molar-refractivity contribution < 1.29 is 19.4 Å². The number of carboxylic acid groups (broad SMARTS) is 1. The quantitative estimate of drug-likeness (QED) is 0.629. The zero-order valence-electron chi connectivity index (χ0n) is 6.24. The lowest BCUT2D eigenvalue weighted by atomic mass is 10.2. The Morgan fingerprint density at radius 3 is 2.85 bits per heavy atom. The summed E-state index contributed by atoms with van der Waals surface area (Å²) < 4.78 is 12.9. The number of nitrogens with zero attached hydrogens (tertiary/aromatic N) is 1. The summed E-state index contributed by atoms with van der Waals surface area (Å²) in [5, 5.41) is 17.5. The van der Waals surface area contributed by atoms with Gasteiger partial charge in [-0.15, -0.1) is 0 Å². The molecule has 1 unspecified atom stereocenters. The molecule has 2 N–H and O–H groups in total. The molecule has 1 heterocycles. The smallest absolute Gasteiger partial charge is 0.337 e. The third-order valence-corrected chi connectivity index (χ3v) is 2.26. The van der Waals surface area contributed by atoms with Crippen molar-refractivity contribution in [1.29, 1.82) is 0 Å². The van der Waals surface area contributed by atoms with E-state index in [9.17, 15) is 9.18 Å². The molecule has 4 nitrogen and oxygen atoms in total. The Morgan fingerprint density at radius 2 is 2.31 bits per heavy atom. The van der Waals surface area contributed by atoms with Crippen molar-refractivity contribution in [3.05, 3.63) is 27.3 Å². The van der Waals surface area contributed by atoms with Gasteiger partial charge in [0.2, 0.25) is 0 Å². The van der Waals surface area contributed by atoms with Gasteiger partial charge in [-0.3, -0.25) is 0 Å². The highest BCUT2D eigenvalue weighted by atomic mass is 127. The van der Waals surface area contributed by atoms with Gasteiger partial charge < -0.3 is 10.2 Å². The van der Waals surface area contributed by atoms with Crippen LogP contribution in [0.1, 0.15) is 11.7 Å². The highest BCUT2D eigenvalue weighted by Crippen LogP contribution is 2.18. The molecular formula is C7H5FINO3. The summed E-state index contributed by atoms with van der Waals surface area (Å²) in [6.07, 6.45) is -0.769. The highest BCUT2D eigenvalue weighted by Gasteiger charge is 2.19. The first-order valence-corrected chi connectivity index (χ1v) is 4.32. The van der Waals surface area contributed by atoms with Crippen molar-refractivity contribution in [3.63, 3.8) is 0 Å². The molecule has 0 saturated heterocycles. The van der Waals surface area contributed by atoms with Crippen LogP contribution in [0.5, 0.6) is 0 Å². The molecule has 0 bridgehead atoms. The number of aliphatic hydroxyl groups is 1. The van der Waals surface area contributed by atoms with Gasteiger partial charge in [0.15, 0.2) is 6.10 Å². The van der Waals surface area contributed by atoms with Crippen LogP contribution in [0, 0.1) is 9.52 Å². The minimum atomic E-state index is -1.73. The molecule has 0 aliphatic rings. The van der Waals surface area contributed by atoms with Crippen LogP contribution in [0.2, 0.25) is 0 Å². The van der Waals surface area contributed by atoms with E-state index in [0.29, 0.717) is 0 Å². The molecular weight excluding hydrogens is 292 g/mol. The Bertz CT molecular complexity index is 345. The number of aromatic nitrogens is 1. The van der Waals surface area contributed by atoms with Gasteiger partial charge in [-0.1, -0.05) is 0 Å². The average molecular weight is 297 g/mol. The lowest BCUT2D eigenvalue weighted by Gasteiger charge is -2.06. The molecule has 1 aromatic rings. The van der Waals surface area contributed by atoms with E-state index in [-0.39, 0.29) is 9.26 Å². The zero-order valence-corrected chi connectivity index (χ0v) is 8.40. The van der Waals surface area contributed by atoms with Crippen molar-refractivity contribution in [2.45, 2.75) is 6.10 Å². The Kier molecular flexibility index (Phi) is 3.15. The molecule has 0 fully saturated rings. The molecule has 0 amide bonds. The fourth-order valence-electron chi connectivity index (χ4n) is 0.763. The molecule has 1 atom stereocenters. The van der Waals surface area contributed by atoms with Gasteiger partial charge in [-0.2, -0.15) is 0 Å². The van der Waals surface area contributed by atoms with Crippen LogP contribution in [0.3, 0.4) is 0 Å². The molecule has 0 radical (unpaired) electrons. The number of halogens is 2. The van der Waals surface area contributed by atoms with Gasteiger partial charge >= 0.3 is 5.97 Å².